The minimum atomic E-state index is -3.96. The first-order chi connectivity index (χ1) is 16.0. The van der Waals surface area contributed by atoms with Crippen molar-refractivity contribution in [3.8, 4) is 12.3 Å². The SMILES string of the molecule is C#CC[C@H](OCc1ccccc1)[C@@H](COS(=O)(=O)c1ccc(C)cc1)OCc1ccccc1. The van der Waals surface area contributed by atoms with Crippen molar-refractivity contribution in [3.63, 3.8) is 0 Å². The van der Waals surface area contributed by atoms with Crippen molar-refractivity contribution in [1.82, 2.24) is 0 Å². The maximum Gasteiger partial charge on any atom is 0.297 e. The fraction of sp³-hybridized carbons (Fsp3) is 0.259. The lowest BCUT2D eigenvalue weighted by Crippen LogP contribution is -2.36. The topological polar surface area (TPSA) is 61.8 Å². The Kier molecular flexibility index (Phi) is 9.23. The van der Waals surface area contributed by atoms with Crippen LogP contribution in [0.25, 0.3) is 0 Å². The molecule has 0 aliphatic rings. The standard InChI is InChI=1S/C27H28O5S/c1-3-10-26(30-19-23-11-6-4-7-12-23)27(31-20-24-13-8-5-9-14-24)21-32-33(28,29)25-17-15-22(2)16-18-25/h1,4-9,11-18,26-27H,10,19-21H2,2H3/t26-,27+/m0/s1. The van der Waals surface area contributed by atoms with E-state index >= 15 is 0 Å². The molecule has 0 heterocycles. The van der Waals surface area contributed by atoms with E-state index in [1.54, 1.807) is 12.1 Å². The highest BCUT2D eigenvalue weighted by Crippen LogP contribution is 2.19. The molecule has 3 aromatic rings. The molecule has 0 radical (unpaired) electrons. The predicted molar refractivity (Wildman–Crippen MR) is 128 cm³/mol. The molecule has 0 aliphatic heterocycles. The minimum Gasteiger partial charge on any atom is -0.370 e. The zero-order valence-electron chi connectivity index (χ0n) is 18.6. The predicted octanol–water partition coefficient (Wildman–Crippen LogP) is 4.89. The Morgan fingerprint density at radius 1 is 0.788 bits per heavy atom. The van der Waals surface area contributed by atoms with E-state index < -0.39 is 22.3 Å². The second-order valence-electron chi connectivity index (χ2n) is 7.63. The normalized spacial score (nSPS) is 13.2. The molecule has 0 aromatic heterocycles. The van der Waals surface area contributed by atoms with Crippen LogP contribution in [0.15, 0.2) is 89.8 Å². The lowest BCUT2D eigenvalue weighted by Gasteiger charge is -2.26. The van der Waals surface area contributed by atoms with Gasteiger partial charge in [0, 0.05) is 6.42 Å². The van der Waals surface area contributed by atoms with Crippen LogP contribution in [-0.2, 0) is 37.0 Å². The monoisotopic (exact) mass is 464 g/mol. The van der Waals surface area contributed by atoms with Gasteiger partial charge in [0.05, 0.1) is 30.8 Å². The molecule has 3 rings (SSSR count). The summed E-state index contributed by atoms with van der Waals surface area (Å²) in [7, 11) is -3.96. The smallest absolute Gasteiger partial charge is 0.297 e. The molecule has 2 atom stereocenters. The third kappa shape index (κ3) is 7.85. The van der Waals surface area contributed by atoms with E-state index in [2.05, 4.69) is 5.92 Å². The summed E-state index contributed by atoms with van der Waals surface area (Å²) < 4.78 is 43.0. The molecule has 0 fully saturated rings. The largest absolute Gasteiger partial charge is 0.370 e. The Morgan fingerprint density at radius 3 is 1.82 bits per heavy atom. The van der Waals surface area contributed by atoms with Crippen LogP contribution in [0.3, 0.4) is 0 Å². The Balaban J connectivity index is 1.74. The maximum absolute atomic E-state index is 12.7. The molecular formula is C27H28O5S. The molecule has 5 nitrogen and oxygen atoms in total. The van der Waals surface area contributed by atoms with Crippen molar-refractivity contribution in [2.75, 3.05) is 6.61 Å². The second kappa shape index (κ2) is 12.3. The zero-order chi connectivity index (χ0) is 23.5. The van der Waals surface area contributed by atoms with Crippen LogP contribution in [0.1, 0.15) is 23.1 Å². The average Bonchev–Trinajstić information content (AvgIpc) is 2.83. The van der Waals surface area contributed by atoms with Crippen LogP contribution < -0.4 is 0 Å². The van der Waals surface area contributed by atoms with Crippen LogP contribution in [-0.4, -0.2) is 27.2 Å². The Bertz CT molecular complexity index is 1120. The van der Waals surface area contributed by atoms with Crippen molar-refractivity contribution in [3.05, 3.63) is 102 Å². The number of hydrogen-bond acceptors (Lipinski definition) is 5. The van der Waals surface area contributed by atoms with Crippen LogP contribution in [0.5, 0.6) is 0 Å². The molecule has 0 saturated heterocycles. The number of hydrogen-bond donors (Lipinski definition) is 0. The molecule has 0 unspecified atom stereocenters. The summed E-state index contributed by atoms with van der Waals surface area (Å²) in [6.07, 6.45) is 4.60. The molecular weight excluding hydrogens is 436 g/mol. The summed E-state index contributed by atoms with van der Waals surface area (Å²) in [6, 6.07) is 25.8. The summed E-state index contributed by atoms with van der Waals surface area (Å²) in [5.74, 6) is 2.61. The number of aryl methyl sites for hydroxylation is 1. The molecule has 33 heavy (non-hydrogen) atoms. The number of rotatable bonds is 12. The molecule has 0 spiro atoms. The number of benzene rings is 3. The van der Waals surface area contributed by atoms with Crippen molar-refractivity contribution in [1.29, 1.82) is 0 Å². The fourth-order valence-electron chi connectivity index (χ4n) is 3.16. The maximum atomic E-state index is 12.7. The van der Waals surface area contributed by atoms with Crippen LogP contribution >= 0.6 is 0 Å². The van der Waals surface area contributed by atoms with E-state index in [-0.39, 0.29) is 24.5 Å². The first-order valence-corrected chi connectivity index (χ1v) is 12.1. The van der Waals surface area contributed by atoms with Crippen molar-refractivity contribution < 1.29 is 22.1 Å². The third-order valence-electron chi connectivity index (χ3n) is 5.04. The van der Waals surface area contributed by atoms with Gasteiger partial charge in [-0.2, -0.15) is 8.42 Å². The molecule has 0 N–H and O–H groups in total. The van der Waals surface area contributed by atoms with Gasteiger partial charge < -0.3 is 9.47 Å². The van der Waals surface area contributed by atoms with E-state index in [9.17, 15) is 8.42 Å². The average molecular weight is 465 g/mol. The zero-order valence-corrected chi connectivity index (χ0v) is 19.4. The summed E-state index contributed by atoms with van der Waals surface area (Å²) in [6.45, 7) is 2.27. The summed E-state index contributed by atoms with van der Waals surface area (Å²) in [5, 5.41) is 0. The van der Waals surface area contributed by atoms with Gasteiger partial charge in [-0.25, -0.2) is 0 Å². The number of ether oxygens (including phenoxy) is 2. The van der Waals surface area contributed by atoms with Crippen LogP contribution in [0.2, 0.25) is 0 Å². The fourth-order valence-corrected chi connectivity index (χ4v) is 4.08. The molecule has 6 heteroatoms. The van der Waals surface area contributed by atoms with Crippen LogP contribution in [0, 0.1) is 19.3 Å². The van der Waals surface area contributed by atoms with Gasteiger partial charge in [-0.15, -0.1) is 12.3 Å². The third-order valence-corrected chi connectivity index (χ3v) is 6.34. The molecule has 0 bridgehead atoms. The Labute approximate surface area is 196 Å². The molecule has 0 aliphatic carbocycles. The van der Waals surface area contributed by atoms with E-state index in [0.717, 1.165) is 16.7 Å². The van der Waals surface area contributed by atoms with E-state index in [4.69, 9.17) is 20.1 Å². The molecule has 172 valence electrons. The van der Waals surface area contributed by atoms with Gasteiger partial charge in [-0.05, 0) is 30.2 Å². The van der Waals surface area contributed by atoms with Gasteiger partial charge in [-0.3, -0.25) is 4.18 Å². The summed E-state index contributed by atoms with van der Waals surface area (Å²) in [4.78, 5) is 0.0913. The Hall–Kier alpha value is -2.95. The van der Waals surface area contributed by atoms with E-state index in [0.29, 0.717) is 6.61 Å². The van der Waals surface area contributed by atoms with Gasteiger partial charge in [0.1, 0.15) is 6.10 Å². The molecule has 3 aromatic carbocycles. The lowest BCUT2D eigenvalue weighted by molar-refractivity contribution is -0.0970. The highest BCUT2D eigenvalue weighted by atomic mass is 32.2. The quantitative estimate of drug-likeness (QED) is 0.282. The van der Waals surface area contributed by atoms with E-state index in [1.807, 2.05) is 67.6 Å². The summed E-state index contributed by atoms with van der Waals surface area (Å²) >= 11 is 0. The number of terminal acetylenes is 1. The first-order valence-electron chi connectivity index (χ1n) is 10.7. The highest BCUT2D eigenvalue weighted by Gasteiger charge is 2.26. The molecule has 0 amide bonds. The Morgan fingerprint density at radius 2 is 1.30 bits per heavy atom. The van der Waals surface area contributed by atoms with Gasteiger partial charge in [-0.1, -0.05) is 78.4 Å². The van der Waals surface area contributed by atoms with Crippen molar-refractivity contribution in [2.24, 2.45) is 0 Å². The van der Waals surface area contributed by atoms with E-state index in [1.165, 1.54) is 12.1 Å². The van der Waals surface area contributed by atoms with Crippen molar-refractivity contribution in [2.45, 2.75) is 43.7 Å². The van der Waals surface area contributed by atoms with Gasteiger partial charge in [0.15, 0.2) is 0 Å². The van der Waals surface area contributed by atoms with Gasteiger partial charge in [0.2, 0.25) is 0 Å². The van der Waals surface area contributed by atoms with Crippen molar-refractivity contribution >= 4 is 10.1 Å². The highest BCUT2D eigenvalue weighted by molar-refractivity contribution is 7.86. The summed E-state index contributed by atoms with van der Waals surface area (Å²) in [5.41, 5.74) is 2.89. The minimum absolute atomic E-state index is 0.0913. The second-order valence-corrected chi connectivity index (χ2v) is 9.25. The first kappa shape index (κ1) is 24.7. The van der Waals surface area contributed by atoms with Gasteiger partial charge in [0.25, 0.3) is 10.1 Å². The van der Waals surface area contributed by atoms with Gasteiger partial charge >= 0.3 is 0 Å². The molecule has 0 saturated carbocycles. The van der Waals surface area contributed by atoms with Crippen LogP contribution in [0.4, 0.5) is 0 Å². The lowest BCUT2D eigenvalue weighted by atomic mass is 10.1.